The lowest BCUT2D eigenvalue weighted by Crippen LogP contribution is -2.19. The van der Waals surface area contributed by atoms with E-state index in [4.69, 9.17) is 0 Å². The van der Waals surface area contributed by atoms with Crippen molar-refractivity contribution in [2.24, 2.45) is 16.7 Å². The van der Waals surface area contributed by atoms with Crippen LogP contribution in [0, 0.1) is 22.6 Å². The second kappa shape index (κ2) is 4.61. The van der Waals surface area contributed by atoms with Crippen molar-refractivity contribution in [3.63, 3.8) is 0 Å². The van der Waals surface area contributed by atoms with Gasteiger partial charge in [-0.3, -0.25) is 0 Å². The van der Waals surface area contributed by atoms with Crippen molar-refractivity contribution in [2.75, 3.05) is 6.54 Å². The summed E-state index contributed by atoms with van der Waals surface area (Å²) < 4.78 is 13.9. The van der Waals surface area contributed by atoms with E-state index in [1.54, 1.807) is 6.07 Å². The maximum atomic E-state index is 13.3. The number of nitrogens with one attached hydrogen (secondary N) is 1. The number of hydrogen-bond acceptors (Lipinski definition) is 1. The molecule has 1 fully saturated rings. The zero-order valence-corrected chi connectivity index (χ0v) is 13.1. The monoisotopic (exact) mass is 313 g/mol. The van der Waals surface area contributed by atoms with E-state index in [0.29, 0.717) is 27.8 Å². The van der Waals surface area contributed by atoms with Gasteiger partial charge < -0.3 is 5.32 Å². The average molecular weight is 314 g/mol. The van der Waals surface area contributed by atoms with Gasteiger partial charge in [-0.1, -0.05) is 39.8 Å². The maximum absolute atomic E-state index is 13.3. The summed E-state index contributed by atoms with van der Waals surface area (Å²) in [4.78, 5) is 0. The average Bonchev–Trinajstić information content (AvgIpc) is 2.66. The summed E-state index contributed by atoms with van der Waals surface area (Å²) in [7, 11) is 0. The fourth-order valence-electron chi connectivity index (χ4n) is 2.88. The molecule has 2 rings (SSSR count). The summed E-state index contributed by atoms with van der Waals surface area (Å²) in [6.07, 6.45) is 0. The molecule has 1 aromatic rings. The molecule has 0 bridgehead atoms. The first-order valence-corrected chi connectivity index (χ1v) is 7.21. The predicted octanol–water partition coefficient (Wildman–Crippen LogP) is 4.36. The fraction of sp³-hybridized carbons (Fsp3) is 0.600. The topological polar surface area (TPSA) is 12.0 Å². The van der Waals surface area contributed by atoms with Crippen molar-refractivity contribution in [3.05, 3.63) is 34.1 Å². The zero-order valence-electron chi connectivity index (χ0n) is 11.5. The van der Waals surface area contributed by atoms with Crippen LogP contribution < -0.4 is 5.32 Å². The van der Waals surface area contributed by atoms with Crippen LogP contribution in [0.15, 0.2) is 22.7 Å². The van der Waals surface area contributed by atoms with Crippen molar-refractivity contribution in [1.82, 2.24) is 5.32 Å². The molecule has 0 unspecified atom stereocenters. The third-order valence-corrected chi connectivity index (χ3v) is 5.90. The van der Waals surface area contributed by atoms with Crippen molar-refractivity contribution in [1.29, 1.82) is 0 Å². The van der Waals surface area contributed by atoms with Crippen LogP contribution in [0.5, 0.6) is 0 Å². The summed E-state index contributed by atoms with van der Waals surface area (Å²) in [5.41, 5.74) is 1.78. The largest absolute Gasteiger partial charge is 0.312 e. The molecule has 0 amide bonds. The lowest BCUT2D eigenvalue weighted by Gasteiger charge is -2.08. The van der Waals surface area contributed by atoms with E-state index in [0.717, 1.165) is 12.1 Å². The van der Waals surface area contributed by atoms with Crippen LogP contribution in [-0.2, 0) is 6.54 Å². The molecule has 0 heterocycles. The van der Waals surface area contributed by atoms with Crippen LogP contribution in [0.4, 0.5) is 4.39 Å². The Morgan fingerprint density at radius 3 is 2.39 bits per heavy atom. The highest BCUT2D eigenvalue weighted by atomic mass is 79.9. The molecule has 0 aliphatic heterocycles. The molecule has 3 heteroatoms. The Morgan fingerprint density at radius 1 is 1.22 bits per heavy atom. The molecule has 1 saturated carbocycles. The normalized spacial score (nSPS) is 21.0. The second-order valence-electron chi connectivity index (χ2n) is 6.34. The lowest BCUT2D eigenvalue weighted by atomic mass is 10.0. The van der Waals surface area contributed by atoms with Crippen LogP contribution in [0.1, 0.15) is 33.3 Å². The second-order valence-corrected chi connectivity index (χ2v) is 7.13. The van der Waals surface area contributed by atoms with Gasteiger partial charge in [0.05, 0.1) is 4.47 Å². The first kappa shape index (κ1) is 14.0. The number of halogens is 2. The summed E-state index contributed by atoms with van der Waals surface area (Å²) in [5.74, 6) is 0.499. The Labute approximate surface area is 117 Å². The molecule has 0 spiro atoms. The summed E-state index contributed by atoms with van der Waals surface area (Å²) in [6.45, 7) is 11.0. The quantitative estimate of drug-likeness (QED) is 0.871. The lowest BCUT2D eigenvalue weighted by molar-refractivity contribution is 0.457. The van der Waals surface area contributed by atoms with Gasteiger partial charge in [0.2, 0.25) is 0 Å². The van der Waals surface area contributed by atoms with Crippen LogP contribution in [0.2, 0.25) is 0 Å². The van der Waals surface area contributed by atoms with E-state index in [1.807, 2.05) is 6.07 Å². The molecule has 1 aliphatic rings. The van der Waals surface area contributed by atoms with Crippen LogP contribution >= 0.6 is 15.9 Å². The van der Waals surface area contributed by atoms with Crippen molar-refractivity contribution < 1.29 is 4.39 Å². The highest BCUT2D eigenvalue weighted by molar-refractivity contribution is 9.10. The molecular weight excluding hydrogens is 293 g/mol. The molecule has 0 saturated heterocycles. The minimum absolute atomic E-state index is 0.193. The summed E-state index contributed by atoms with van der Waals surface area (Å²) in [5, 5.41) is 3.45. The SMILES string of the molecule is CC1(C)C(CNCc2cccc(F)c2Br)C1(C)C. The first-order chi connectivity index (χ1) is 8.28. The molecule has 1 nitrogen and oxygen atoms in total. The van der Waals surface area contributed by atoms with Gasteiger partial charge in [-0.05, 0) is 50.9 Å². The van der Waals surface area contributed by atoms with Crippen LogP contribution in [0.3, 0.4) is 0 Å². The smallest absolute Gasteiger partial charge is 0.137 e. The van der Waals surface area contributed by atoms with Gasteiger partial charge in [-0.15, -0.1) is 0 Å². The number of benzene rings is 1. The molecule has 1 aliphatic carbocycles. The Morgan fingerprint density at radius 2 is 1.83 bits per heavy atom. The Balaban J connectivity index is 1.89. The van der Waals surface area contributed by atoms with E-state index in [9.17, 15) is 4.39 Å². The van der Waals surface area contributed by atoms with Gasteiger partial charge in [-0.2, -0.15) is 0 Å². The minimum Gasteiger partial charge on any atom is -0.312 e. The van der Waals surface area contributed by atoms with Gasteiger partial charge in [0.25, 0.3) is 0 Å². The maximum Gasteiger partial charge on any atom is 0.137 e. The van der Waals surface area contributed by atoms with Crippen LogP contribution in [-0.4, -0.2) is 6.54 Å². The molecule has 1 N–H and O–H groups in total. The molecule has 0 aromatic heterocycles. The first-order valence-electron chi connectivity index (χ1n) is 6.42. The van der Waals surface area contributed by atoms with Gasteiger partial charge in [0, 0.05) is 6.54 Å². The Kier molecular flexibility index (Phi) is 3.58. The zero-order chi connectivity index (χ0) is 13.6. The van der Waals surface area contributed by atoms with Crippen molar-refractivity contribution in [3.8, 4) is 0 Å². The molecule has 0 atom stereocenters. The summed E-state index contributed by atoms with van der Waals surface area (Å²) >= 11 is 3.29. The molecule has 18 heavy (non-hydrogen) atoms. The van der Waals surface area contributed by atoms with E-state index >= 15 is 0 Å². The molecular formula is C15H21BrFN. The van der Waals surface area contributed by atoms with Gasteiger partial charge in [0.15, 0.2) is 0 Å². The minimum atomic E-state index is -0.193. The number of rotatable bonds is 4. The van der Waals surface area contributed by atoms with Crippen molar-refractivity contribution >= 4 is 15.9 Å². The van der Waals surface area contributed by atoms with E-state index in [2.05, 4.69) is 48.9 Å². The van der Waals surface area contributed by atoms with Crippen LogP contribution in [0.25, 0.3) is 0 Å². The number of hydrogen-bond donors (Lipinski definition) is 1. The van der Waals surface area contributed by atoms with Gasteiger partial charge in [0.1, 0.15) is 5.82 Å². The molecule has 1 aromatic carbocycles. The Hall–Kier alpha value is -0.410. The van der Waals surface area contributed by atoms with E-state index in [1.165, 1.54) is 6.07 Å². The predicted molar refractivity (Wildman–Crippen MR) is 76.9 cm³/mol. The Bertz CT molecular complexity index is 440. The summed E-state index contributed by atoms with van der Waals surface area (Å²) in [6, 6.07) is 5.17. The third-order valence-electron chi connectivity index (χ3n) is 5.02. The highest BCUT2D eigenvalue weighted by Gasteiger charge is 2.63. The molecule has 0 radical (unpaired) electrons. The molecule has 100 valence electrons. The fourth-order valence-corrected chi connectivity index (χ4v) is 3.28. The van der Waals surface area contributed by atoms with Gasteiger partial charge in [-0.25, -0.2) is 4.39 Å². The van der Waals surface area contributed by atoms with Crippen molar-refractivity contribution in [2.45, 2.75) is 34.2 Å². The van der Waals surface area contributed by atoms with E-state index in [-0.39, 0.29) is 5.82 Å². The standard InChI is InChI=1S/C15H21BrFN/c1-14(2)12(15(14,3)4)9-18-8-10-6-5-7-11(17)13(10)16/h5-7,12,18H,8-9H2,1-4H3. The van der Waals surface area contributed by atoms with Gasteiger partial charge >= 0.3 is 0 Å². The highest BCUT2D eigenvalue weighted by Crippen LogP contribution is 2.67. The third kappa shape index (κ3) is 2.23. The van der Waals surface area contributed by atoms with E-state index < -0.39 is 0 Å².